The smallest absolute Gasteiger partial charge is 0.338 e. The Morgan fingerprint density at radius 2 is 1.58 bits per heavy atom. The van der Waals surface area contributed by atoms with Crippen molar-refractivity contribution >= 4 is 40.8 Å². The van der Waals surface area contributed by atoms with Gasteiger partial charge in [-0.3, -0.25) is 24.1 Å². The number of allylic oxidation sites excluding steroid dienone is 2. The van der Waals surface area contributed by atoms with Gasteiger partial charge in [0.15, 0.2) is 12.4 Å². The van der Waals surface area contributed by atoms with Gasteiger partial charge in [-0.1, -0.05) is 30.4 Å². The number of nitrogens with one attached hydrogen (secondary N) is 1. The molecule has 1 fully saturated rings. The summed E-state index contributed by atoms with van der Waals surface area (Å²) in [6.07, 6.45) is 4.87. The van der Waals surface area contributed by atoms with Crippen LogP contribution in [0.5, 0.6) is 0 Å². The SMILES string of the molecule is CC(=O)c1cccc(NC(=O)COC(=O)c2cccc(N3C(=O)[C@@H]4CC=CC[C@H]4C3=O)c2)c1. The van der Waals surface area contributed by atoms with Crippen LogP contribution in [0.15, 0.2) is 60.7 Å². The number of amides is 3. The van der Waals surface area contributed by atoms with E-state index in [0.717, 1.165) is 4.90 Å². The van der Waals surface area contributed by atoms with E-state index in [1.807, 2.05) is 12.2 Å². The number of anilines is 2. The topological polar surface area (TPSA) is 110 Å². The van der Waals surface area contributed by atoms with E-state index in [9.17, 15) is 24.0 Å². The molecule has 1 aliphatic heterocycles. The van der Waals surface area contributed by atoms with Gasteiger partial charge in [0.1, 0.15) is 0 Å². The summed E-state index contributed by atoms with van der Waals surface area (Å²) in [6, 6.07) is 12.5. The second-order valence-electron chi connectivity index (χ2n) is 7.98. The summed E-state index contributed by atoms with van der Waals surface area (Å²) >= 11 is 0. The van der Waals surface area contributed by atoms with E-state index in [0.29, 0.717) is 29.8 Å². The second kappa shape index (κ2) is 9.20. The molecule has 1 heterocycles. The molecule has 0 aromatic heterocycles. The van der Waals surface area contributed by atoms with Crippen LogP contribution in [0.25, 0.3) is 0 Å². The van der Waals surface area contributed by atoms with Crippen LogP contribution < -0.4 is 10.2 Å². The van der Waals surface area contributed by atoms with Gasteiger partial charge in [-0.25, -0.2) is 4.79 Å². The van der Waals surface area contributed by atoms with Crippen LogP contribution >= 0.6 is 0 Å². The van der Waals surface area contributed by atoms with Crippen LogP contribution in [-0.2, 0) is 19.1 Å². The van der Waals surface area contributed by atoms with E-state index in [1.54, 1.807) is 30.3 Å². The highest BCUT2D eigenvalue weighted by atomic mass is 16.5. The van der Waals surface area contributed by atoms with Gasteiger partial charge in [0, 0.05) is 11.3 Å². The number of ketones is 1. The van der Waals surface area contributed by atoms with E-state index in [2.05, 4.69) is 5.32 Å². The van der Waals surface area contributed by atoms with Crippen molar-refractivity contribution in [3.8, 4) is 0 Å². The lowest BCUT2D eigenvalue weighted by atomic mass is 9.85. The van der Waals surface area contributed by atoms with Gasteiger partial charge in [-0.15, -0.1) is 0 Å². The fraction of sp³-hybridized carbons (Fsp3) is 0.240. The maximum atomic E-state index is 12.8. The van der Waals surface area contributed by atoms with Crippen molar-refractivity contribution < 1.29 is 28.7 Å². The lowest BCUT2D eigenvalue weighted by molar-refractivity contribution is -0.122. The molecular weight excluding hydrogens is 424 g/mol. The highest BCUT2D eigenvalue weighted by Crippen LogP contribution is 2.37. The summed E-state index contributed by atoms with van der Waals surface area (Å²) in [6.45, 7) is 0.885. The molecule has 8 heteroatoms. The number of hydrogen-bond acceptors (Lipinski definition) is 6. The molecule has 2 aromatic carbocycles. The molecule has 4 rings (SSSR count). The number of nitrogens with zero attached hydrogens (tertiary/aromatic N) is 1. The number of esters is 1. The monoisotopic (exact) mass is 446 g/mol. The predicted octanol–water partition coefficient (Wildman–Crippen LogP) is 3.14. The number of hydrogen-bond donors (Lipinski definition) is 1. The fourth-order valence-corrected chi connectivity index (χ4v) is 4.05. The molecule has 168 valence electrons. The lowest BCUT2D eigenvalue weighted by Crippen LogP contribution is -2.31. The minimum absolute atomic E-state index is 0.118. The third kappa shape index (κ3) is 4.59. The van der Waals surface area contributed by atoms with Gasteiger partial charge < -0.3 is 10.1 Å². The summed E-state index contributed by atoms with van der Waals surface area (Å²) < 4.78 is 5.09. The number of rotatable bonds is 6. The number of benzene rings is 2. The van der Waals surface area contributed by atoms with Crippen LogP contribution in [0.2, 0.25) is 0 Å². The average Bonchev–Trinajstić information content (AvgIpc) is 3.08. The first-order valence-electron chi connectivity index (χ1n) is 10.6. The third-order valence-corrected chi connectivity index (χ3v) is 5.73. The van der Waals surface area contributed by atoms with Crippen LogP contribution in [-0.4, -0.2) is 36.1 Å². The number of Topliss-reactive ketones (excluding diaryl/α,β-unsaturated/α-hetero) is 1. The lowest BCUT2D eigenvalue weighted by Gasteiger charge is -2.15. The molecule has 2 aromatic rings. The predicted molar refractivity (Wildman–Crippen MR) is 120 cm³/mol. The molecule has 0 radical (unpaired) electrons. The van der Waals surface area contributed by atoms with Crippen molar-refractivity contribution in [1.82, 2.24) is 0 Å². The Balaban J connectivity index is 1.40. The number of fused-ring (bicyclic) bond motifs is 1. The van der Waals surface area contributed by atoms with Gasteiger partial charge in [0.25, 0.3) is 5.91 Å². The Labute approximate surface area is 190 Å². The van der Waals surface area contributed by atoms with E-state index < -0.39 is 18.5 Å². The molecule has 1 N–H and O–H groups in total. The first-order chi connectivity index (χ1) is 15.8. The Bertz CT molecular complexity index is 1160. The number of carbonyl (C=O) groups is 5. The molecule has 2 aliphatic rings. The third-order valence-electron chi connectivity index (χ3n) is 5.73. The van der Waals surface area contributed by atoms with Crippen LogP contribution in [0, 0.1) is 11.8 Å². The molecule has 1 saturated heterocycles. The summed E-state index contributed by atoms with van der Waals surface area (Å²) in [5.41, 5.74) is 1.28. The first-order valence-corrected chi connectivity index (χ1v) is 10.6. The largest absolute Gasteiger partial charge is 0.452 e. The summed E-state index contributed by atoms with van der Waals surface area (Å²) in [5.74, 6) is -2.75. The van der Waals surface area contributed by atoms with E-state index in [1.165, 1.54) is 25.1 Å². The van der Waals surface area contributed by atoms with Crippen molar-refractivity contribution in [2.75, 3.05) is 16.8 Å². The molecule has 1 aliphatic carbocycles. The van der Waals surface area contributed by atoms with E-state index in [4.69, 9.17) is 4.74 Å². The fourth-order valence-electron chi connectivity index (χ4n) is 4.05. The maximum Gasteiger partial charge on any atom is 0.338 e. The summed E-state index contributed by atoms with van der Waals surface area (Å²) in [4.78, 5) is 62.8. The van der Waals surface area contributed by atoms with Crippen molar-refractivity contribution in [3.05, 3.63) is 71.8 Å². The number of ether oxygens (including phenoxy) is 1. The quantitative estimate of drug-likeness (QED) is 0.316. The Morgan fingerprint density at radius 1 is 0.939 bits per heavy atom. The zero-order valence-electron chi connectivity index (χ0n) is 17.9. The average molecular weight is 446 g/mol. The van der Waals surface area contributed by atoms with Crippen LogP contribution in [0.3, 0.4) is 0 Å². The van der Waals surface area contributed by atoms with Crippen molar-refractivity contribution in [2.45, 2.75) is 19.8 Å². The molecule has 0 unspecified atom stereocenters. The highest BCUT2D eigenvalue weighted by Gasteiger charge is 2.47. The molecule has 0 saturated carbocycles. The van der Waals surface area contributed by atoms with Crippen LogP contribution in [0.1, 0.15) is 40.5 Å². The zero-order valence-corrected chi connectivity index (χ0v) is 17.9. The van der Waals surface area contributed by atoms with Gasteiger partial charge in [0.05, 0.1) is 23.1 Å². The normalized spacial score (nSPS) is 19.2. The van der Waals surface area contributed by atoms with Crippen molar-refractivity contribution in [2.24, 2.45) is 11.8 Å². The molecule has 33 heavy (non-hydrogen) atoms. The molecule has 8 nitrogen and oxygen atoms in total. The second-order valence-corrected chi connectivity index (χ2v) is 7.98. The standard InChI is InChI=1S/C25H22N2O6/c1-15(28)16-6-4-8-18(12-16)26-22(29)14-33-25(32)17-7-5-9-19(13-17)27-23(30)20-10-2-3-11-21(20)24(27)31/h2-9,12-13,20-21H,10-11,14H2,1H3,(H,26,29)/t20-,21-/m1/s1. The highest BCUT2D eigenvalue weighted by molar-refractivity contribution is 6.22. The zero-order chi connectivity index (χ0) is 23.5. The van der Waals surface area contributed by atoms with Crippen molar-refractivity contribution in [1.29, 1.82) is 0 Å². The summed E-state index contributed by atoms with van der Waals surface area (Å²) in [5, 5.41) is 2.57. The minimum atomic E-state index is -0.761. The Morgan fingerprint density at radius 3 is 2.24 bits per heavy atom. The number of imide groups is 1. The van der Waals surface area contributed by atoms with Crippen LogP contribution in [0.4, 0.5) is 11.4 Å². The minimum Gasteiger partial charge on any atom is -0.452 e. The molecule has 3 amide bonds. The molecule has 2 atom stereocenters. The maximum absolute atomic E-state index is 12.8. The Kier molecular flexibility index (Phi) is 6.17. The van der Waals surface area contributed by atoms with Gasteiger partial charge in [-0.2, -0.15) is 0 Å². The van der Waals surface area contributed by atoms with E-state index in [-0.39, 0.29) is 35.0 Å². The van der Waals surface area contributed by atoms with E-state index >= 15 is 0 Å². The molecular formula is C25H22N2O6. The Hall–Kier alpha value is -4.07. The molecule has 0 bridgehead atoms. The number of carbonyl (C=O) groups excluding carboxylic acids is 5. The van der Waals surface area contributed by atoms with Crippen molar-refractivity contribution in [3.63, 3.8) is 0 Å². The van der Waals surface area contributed by atoms with Gasteiger partial charge in [0.2, 0.25) is 11.8 Å². The van der Waals surface area contributed by atoms with Gasteiger partial charge in [-0.05, 0) is 50.1 Å². The summed E-state index contributed by atoms with van der Waals surface area (Å²) in [7, 11) is 0. The van der Waals surface area contributed by atoms with Gasteiger partial charge >= 0.3 is 5.97 Å². The first kappa shape index (κ1) is 22.1. The molecule has 0 spiro atoms.